The van der Waals surface area contributed by atoms with Crippen LogP contribution in [0.5, 0.6) is 0 Å². The minimum Gasteiger partial charge on any atom is -0.328 e. The third kappa shape index (κ3) is 3.12. The quantitative estimate of drug-likeness (QED) is 0.768. The highest BCUT2D eigenvalue weighted by molar-refractivity contribution is 7.09. The van der Waals surface area contributed by atoms with E-state index in [-0.39, 0.29) is 0 Å². The van der Waals surface area contributed by atoms with Gasteiger partial charge in [-0.05, 0) is 36.6 Å². The SMILES string of the molecule is NC(CCc1cccs1)CC1CC1. The maximum absolute atomic E-state index is 6.04. The lowest BCUT2D eigenvalue weighted by atomic mass is 10.1. The highest BCUT2D eigenvalue weighted by atomic mass is 32.1. The van der Waals surface area contributed by atoms with Gasteiger partial charge in [-0.1, -0.05) is 18.9 Å². The minimum absolute atomic E-state index is 0.439. The van der Waals surface area contributed by atoms with Crippen LogP contribution >= 0.6 is 11.3 Å². The normalized spacial score (nSPS) is 18.8. The Labute approximate surface area is 84.0 Å². The Morgan fingerprint density at radius 3 is 3.00 bits per heavy atom. The summed E-state index contributed by atoms with van der Waals surface area (Å²) in [5.41, 5.74) is 6.04. The lowest BCUT2D eigenvalue weighted by Crippen LogP contribution is -2.21. The molecule has 0 aliphatic heterocycles. The molecule has 1 aromatic heterocycles. The first kappa shape index (κ1) is 9.22. The zero-order chi connectivity index (χ0) is 9.10. The zero-order valence-corrected chi connectivity index (χ0v) is 8.72. The summed E-state index contributed by atoms with van der Waals surface area (Å²) in [5, 5.41) is 2.14. The van der Waals surface area contributed by atoms with E-state index < -0.39 is 0 Å². The average molecular weight is 195 g/mol. The fourth-order valence-electron chi connectivity index (χ4n) is 1.68. The largest absolute Gasteiger partial charge is 0.328 e. The van der Waals surface area contributed by atoms with Gasteiger partial charge in [0.25, 0.3) is 0 Å². The van der Waals surface area contributed by atoms with Gasteiger partial charge in [-0.25, -0.2) is 0 Å². The lowest BCUT2D eigenvalue weighted by molar-refractivity contribution is 0.535. The van der Waals surface area contributed by atoms with Gasteiger partial charge < -0.3 is 5.73 Å². The van der Waals surface area contributed by atoms with Crippen molar-refractivity contribution in [2.75, 3.05) is 0 Å². The maximum Gasteiger partial charge on any atom is 0.00458 e. The summed E-state index contributed by atoms with van der Waals surface area (Å²) < 4.78 is 0. The molecule has 0 radical (unpaired) electrons. The number of hydrogen-bond donors (Lipinski definition) is 1. The highest BCUT2D eigenvalue weighted by Gasteiger charge is 2.23. The maximum atomic E-state index is 6.04. The van der Waals surface area contributed by atoms with Crippen LogP contribution < -0.4 is 5.73 Å². The molecule has 1 saturated carbocycles. The van der Waals surface area contributed by atoms with Gasteiger partial charge in [-0.15, -0.1) is 11.3 Å². The van der Waals surface area contributed by atoms with Crippen molar-refractivity contribution in [3.63, 3.8) is 0 Å². The van der Waals surface area contributed by atoms with Gasteiger partial charge in [-0.3, -0.25) is 0 Å². The molecule has 0 spiro atoms. The first-order valence-corrected chi connectivity index (χ1v) is 6.00. The minimum atomic E-state index is 0.439. The summed E-state index contributed by atoms with van der Waals surface area (Å²) in [6.45, 7) is 0. The van der Waals surface area contributed by atoms with E-state index in [0.29, 0.717) is 6.04 Å². The number of thiophene rings is 1. The number of hydrogen-bond acceptors (Lipinski definition) is 2. The highest BCUT2D eigenvalue weighted by Crippen LogP contribution is 2.33. The summed E-state index contributed by atoms with van der Waals surface area (Å²) in [5.74, 6) is 0.971. The Hall–Kier alpha value is -0.340. The van der Waals surface area contributed by atoms with E-state index in [4.69, 9.17) is 5.73 Å². The zero-order valence-electron chi connectivity index (χ0n) is 7.91. The molecular formula is C11H17NS. The smallest absolute Gasteiger partial charge is 0.00458 e. The molecule has 1 aliphatic rings. The molecule has 1 unspecified atom stereocenters. The van der Waals surface area contributed by atoms with Crippen LogP contribution in [0.4, 0.5) is 0 Å². The van der Waals surface area contributed by atoms with Gasteiger partial charge in [0.2, 0.25) is 0 Å². The van der Waals surface area contributed by atoms with Crippen molar-refractivity contribution in [1.82, 2.24) is 0 Å². The number of nitrogens with two attached hydrogens (primary N) is 1. The number of aryl methyl sites for hydroxylation is 1. The molecule has 1 aliphatic carbocycles. The van der Waals surface area contributed by atoms with Crippen LogP contribution in [0.25, 0.3) is 0 Å². The van der Waals surface area contributed by atoms with Gasteiger partial charge in [0.1, 0.15) is 0 Å². The molecule has 0 saturated heterocycles. The van der Waals surface area contributed by atoms with Crippen molar-refractivity contribution in [3.05, 3.63) is 22.4 Å². The molecule has 1 nitrogen and oxygen atoms in total. The van der Waals surface area contributed by atoms with Gasteiger partial charge >= 0.3 is 0 Å². The molecule has 0 bridgehead atoms. The van der Waals surface area contributed by atoms with Crippen LogP contribution in [0.3, 0.4) is 0 Å². The van der Waals surface area contributed by atoms with Crippen molar-refractivity contribution >= 4 is 11.3 Å². The van der Waals surface area contributed by atoms with Crippen molar-refractivity contribution in [2.45, 2.75) is 38.1 Å². The summed E-state index contributed by atoms with van der Waals surface area (Å²) >= 11 is 1.84. The Bertz CT molecular complexity index is 239. The molecule has 13 heavy (non-hydrogen) atoms. The summed E-state index contributed by atoms with van der Waals surface area (Å²) in [6.07, 6.45) is 6.44. The Morgan fingerprint density at radius 1 is 1.54 bits per heavy atom. The summed E-state index contributed by atoms with van der Waals surface area (Å²) in [7, 11) is 0. The van der Waals surface area contributed by atoms with Gasteiger partial charge in [-0.2, -0.15) is 0 Å². The lowest BCUT2D eigenvalue weighted by Gasteiger charge is -2.09. The second-order valence-electron chi connectivity index (χ2n) is 4.06. The van der Waals surface area contributed by atoms with Crippen LogP contribution in [-0.2, 0) is 6.42 Å². The summed E-state index contributed by atoms with van der Waals surface area (Å²) in [4.78, 5) is 1.48. The molecule has 2 N–H and O–H groups in total. The molecule has 2 rings (SSSR count). The van der Waals surface area contributed by atoms with E-state index >= 15 is 0 Å². The van der Waals surface area contributed by atoms with E-state index in [1.54, 1.807) is 0 Å². The molecule has 0 aromatic carbocycles. The van der Waals surface area contributed by atoms with E-state index in [1.165, 1.54) is 30.6 Å². The van der Waals surface area contributed by atoms with Crippen LogP contribution in [0.15, 0.2) is 17.5 Å². The standard InChI is InChI=1S/C11H17NS/c12-10(8-9-3-4-9)5-6-11-2-1-7-13-11/h1-2,7,9-10H,3-6,8,12H2. The second-order valence-corrected chi connectivity index (χ2v) is 5.09. The Kier molecular flexibility index (Phi) is 3.01. The van der Waals surface area contributed by atoms with Crippen molar-refractivity contribution < 1.29 is 0 Å². The third-order valence-corrected chi connectivity index (χ3v) is 3.61. The van der Waals surface area contributed by atoms with Crippen LogP contribution in [-0.4, -0.2) is 6.04 Å². The molecule has 1 aromatic rings. The number of rotatable bonds is 5. The predicted molar refractivity (Wildman–Crippen MR) is 58.0 cm³/mol. The molecule has 1 atom stereocenters. The fraction of sp³-hybridized carbons (Fsp3) is 0.636. The summed E-state index contributed by atoms with van der Waals surface area (Å²) in [6, 6.07) is 4.76. The monoisotopic (exact) mass is 195 g/mol. The van der Waals surface area contributed by atoms with Gasteiger partial charge in [0.05, 0.1) is 0 Å². The van der Waals surface area contributed by atoms with Gasteiger partial charge in [0.15, 0.2) is 0 Å². The van der Waals surface area contributed by atoms with E-state index in [2.05, 4.69) is 17.5 Å². The van der Waals surface area contributed by atoms with E-state index in [9.17, 15) is 0 Å². The average Bonchev–Trinajstić information content (AvgIpc) is 2.78. The molecular weight excluding hydrogens is 178 g/mol. The molecule has 2 heteroatoms. The van der Waals surface area contributed by atoms with E-state index in [0.717, 1.165) is 12.3 Å². The van der Waals surface area contributed by atoms with Crippen molar-refractivity contribution in [1.29, 1.82) is 0 Å². The molecule has 1 heterocycles. The van der Waals surface area contributed by atoms with Crippen molar-refractivity contribution in [3.8, 4) is 0 Å². The molecule has 1 fully saturated rings. The second kappa shape index (κ2) is 4.25. The fourth-order valence-corrected chi connectivity index (χ4v) is 2.41. The predicted octanol–water partition coefficient (Wildman–Crippen LogP) is 2.81. The Balaban J connectivity index is 1.66. The van der Waals surface area contributed by atoms with Gasteiger partial charge in [0, 0.05) is 10.9 Å². The van der Waals surface area contributed by atoms with E-state index in [1.807, 2.05) is 11.3 Å². The van der Waals surface area contributed by atoms with Crippen molar-refractivity contribution in [2.24, 2.45) is 11.7 Å². The molecule has 0 amide bonds. The molecule has 72 valence electrons. The third-order valence-electron chi connectivity index (χ3n) is 2.67. The van der Waals surface area contributed by atoms with Crippen LogP contribution in [0.1, 0.15) is 30.6 Å². The first-order valence-electron chi connectivity index (χ1n) is 5.12. The topological polar surface area (TPSA) is 26.0 Å². The van der Waals surface area contributed by atoms with Crippen LogP contribution in [0.2, 0.25) is 0 Å². The van der Waals surface area contributed by atoms with Crippen LogP contribution in [0, 0.1) is 5.92 Å². The Morgan fingerprint density at radius 2 is 2.38 bits per heavy atom. The first-order chi connectivity index (χ1) is 6.34.